The van der Waals surface area contributed by atoms with Crippen LogP contribution in [0.5, 0.6) is 0 Å². The highest BCUT2D eigenvalue weighted by Crippen LogP contribution is 2.18. The first kappa shape index (κ1) is 14.0. The van der Waals surface area contributed by atoms with Gasteiger partial charge in [-0.1, -0.05) is 66.8 Å². The van der Waals surface area contributed by atoms with E-state index in [0.29, 0.717) is 11.1 Å². The number of rotatable bonds is 4. The minimum absolute atomic E-state index is 0.0523. The van der Waals surface area contributed by atoms with Crippen molar-refractivity contribution in [3.05, 3.63) is 89.0 Å². The number of benzene rings is 2. The van der Waals surface area contributed by atoms with E-state index in [2.05, 4.69) is 6.58 Å². The van der Waals surface area contributed by atoms with Gasteiger partial charge in [0.25, 0.3) is 0 Å². The first-order chi connectivity index (χ1) is 9.61. The number of carbonyl (C=O) groups is 1. The van der Waals surface area contributed by atoms with Crippen LogP contribution in [0.15, 0.2) is 66.8 Å². The van der Waals surface area contributed by atoms with Gasteiger partial charge in [-0.3, -0.25) is 4.79 Å². The minimum atomic E-state index is 0.0523. The molecule has 0 N–H and O–H groups in total. The Balaban J connectivity index is 2.42. The Kier molecular flexibility index (Phi) is 4.31. The highest BCUT2D eigenvalue weighted by Gasteiger charge is 2.09. The van der Waals surface area contributed by atoms with Crippen LogP contribution in [0.4, 0.5) is 0 Å². The molecule has 0 atom stereocenters. The second-order valence-electron chi connectivity index (χ2n) is 4.86. The normalized spacial score (nSPS) is 11.2. The van der Waals surface area contributed by atoms with Crippen molar-refractivity contribution in [3.63, 3.8) is 0 Å². The predicted octanol–water partition coefficient (Wildman–Crippen LogP) is 4.82. The second-order valence-corrected chi connectivity index (χ2v) is 4.86. The van der Waals surface area contributed by atoms with Crippen molar-refractivity contribution < 1.29 is 4.79 Å². The van der Waals surface area contributed by atoms with Crippen molar-refractivity contribution in [1.29, 1.82) is 0 Å². The van der Waals surface area contributed by atoms with Crippen molar-refractivity contribution in [2.75, 3.05) is 0 Å². The van der Waals surface area contributed by atoms with Gasteiger partial charge in [-0.05, 0) is 31.0 Å². The molecule has 0 aromatic heterocycles. The first-order valence-corrected chi connectivity index (χ1v) is 6.63. The van der Waals surface area contributed by atoms with E-state index in [0.717, 1.165) is 16.7 Å². The Labute approximate surface area is 120 Å². The highest BCUT2D eigenvalue weighted by molar-refractivity contribution is 6.09. The Hall–Kier alpha value is -2.41. The lowest BCUT2D eigenvalue weighted by Gasteiger charge is -2.06. The smallest absolute Gasteiger partial charge is 0.193 e. The average Bonchev–Trinajstić information content (AvgIpc) is 2.49. The molecule has 0 aliphatic heterocycles. The second kappa shape index (κ2) is 6.16. The zero-order valence-electron chi connectivity index (χ0n) is 11.9. The molecule has 100 valence electrons. The van der Waals surface area contributed by atoms with Crippen LogP contribution in [0.2, 0.25) is 0 Å². The van der Waals surface area contributed by atoms with Crippen molar-refractivity contribution in [2.45, 2.75) is 13.8 Å². The molecule has 1 nitrogen and oxygen atoms in total. The molecule has 0 heterocycles. The molecule has 20 heavy (non-hydrogen) atoms. The molecule has 0 radical (unpaired) electrons. The minimum Gasteiger partial charge on any atom is -0.289 e. The summed E-state index contributed by atoms with van der Waals surface area (Å²) >= 11 is 0. The van der Waals surface area contributed by atoms with Gasteiger partial charge in [-0.15, -0.1) is 0 Å². The van der Waals surface area contributed by atoms with Gasteiger partial charge in [-0.25, -0.2) is 0 Å². The number of aryl methyl sites for hydroxylation is 1. The quantitative estimate of drug-likeness (QED) is 0.570. The van der Waals surface area contributed by atoms with Crippen LogP contribution in [0.3, 0.4) is 0 Å². The fourth-order valence-corrected chi connectivity index (χ4v) is 2.00. The maximum Gasteiger partial charge on any atom is 0.193 e. The summed E-state index contributed by atoms with van der Waals surface area (Å²) in [5.74, 6) is 0.0523. The monoisotopic (exact) mass is 262 g/mol. The number of allylic oxidation sites excluding steroid dienone is 2. The Morgan fingerprint density at radius 2 is 1.75 bits per heavy atom. The third kappa shape index (κ3) is 3.12. The van der Waals surface area contributed by atoms with Crippen molar-refractivity contribution >= 4 is 11.9 Å². The lowest BCUT2D eigenvalue weighted by atomic mass is 9.97. The zero-order valence-corrected chi connectivity index (χ0v) is 11.9. The molecule has 0 aliphatic rings. The predicted molar refractivity (Wildman–Crippen MR) is 84.9 cm³/mol. The summed E-state index contributed by atoms with van der Waals surface area (Å²) in [4.78, 5) is 12.4. The van der Waals surface area contributed by atoms with Gasteiger partial charge in [0.15, 0.2) is 5.78 Å². The number of carbonyl (C=O) groups excluding carboxylic acids is 1. The zero-order chi connectivity index (χ0) is 14.5. The number of hydrogen-bond acceptors (Lipinski definition) is 1. The summed E-state index contributed by atoms with van der Waals surface area (Å²) in [6.07, 6.45) is 3.86. The van der Waals surface area contributed by atoms with Gasteiger partial charge >= 0.3 is 0 Å². The molecule has 0 amide bonds. The van der Waals surface area contributed by atoms with Crippen LogP contribution in [-0.2, 0) is 0 Å². The molecule has 2 rings (SSSR count). The largest absolute Gasteiger partial charge is 0.289 e. The van der Waals surface area contributed by atoms with Gasteiger partial charge in [-0.2, -0.15) is 0 Å². The Morgan fingerprint density at radius 3 is 2.40 bits per heavy atom. The molecule has 0 fully saturated rings. The van der Waals surface area contributed by atoms with Crippen LogP contribution >= 0.6 is 0 Å². The molecular formula is C19H18O. The van der Waals surface area contributed by atoms with E-state index in [1.807, 2.05) is 74.5 Å². The summed E-state index contributed by atoms with van der Waals surface area (Å²) in [6.45, 7) is 7.80. The fraction of sp³-hybridized carbons (Fsp3) is 0.105. The topological polar surface area (TPSA) is 17.1 Å². The Morgan fingerprint density at radius 1 is 1.05 bits per heavy atom. The molecular weight excluding hydrogens is 244 g/mol. The van der Waals surface area contributed by atoms with E-state index >= 15 is 0 Å². The van der Waals surface area contributed by atoms with Crippen LogP contribution < -0.4 is 0 Å². The van der Waals surface area contributed by atoms with E-state index in [4.69, 9.17) is 0 Å². The SMILES string of the molecule is C=C/C(C)=C\c1cc(C(=O)c2ccccc2)ccc1C. The summed E-state index contributed by atoms with van der Waals surface area (Å²) in [6, 6.07) is 15.2. The third-order valence-electron chi connectivity index (χ3n) is 3.28. The van der Waals surface area contributed by atoms with Gasteiger partial charge in [0, 0.05) is 11.1 Å². The molecule has 0 bridgehead atoms. The standard InChI is InChI=1S/C19H18O/c1-4-14(2)12-18-13-17(11-10-15(18)3)19(20)16-8-6-5-7-9-16/h4-13H,1H2,2-3H3/b14-12-. The molecule has 2 aromatic carbocycles. The Bertz CT molecular complexity index is 663. The van der Waals surface area contributed by atoms with Crippen LogP contribution in [0.25, 0.3) is 6.08 Å². The summed E-state index contributed by atoms with van der Waals surface area (Å²) in [5.41, 5.74) is 4.72. The molecule has 2 aromatic rings. The lowest BCUT2D eigenvalue weighted by Crippen LogP contribution is -2.01. The molecule has 0 unspecified atom stereocenters. The van der Waals surface area contributed by atoms with Crippen LogP contribution in [0, 0.1) is 6.92 Å². The number of hydrogen-bond donors (Lipinski definition) is 0. The van der Waals surface area contributed by atoms with Crippen molar-refractivity contribution in [2.24, 2.45) is 0 Å². The summed E-state index contributed by atoms with van der Waals surface area (Å²) in [5, 5.41) is 0. The van der Waals surface area contributed by atoms with Crippen LogP contribution in [-0.4, -0.2) is 5.78 Å². The average molecular weight is 262 g/mol. The summed E-state index contributed by atoms with van der Waals surface area (Å²) < 4.78 is 0. The van der Waals surface area contributed by atoms with E-state index in [9.17, 15) is 4.79 Å². The third-order valence-corrected chi connectivity index (χ3v) is 3.28. The van der Waals surface area contributed by atoms with E-state index in [1.165, 1.54) is 0 Å². The van der Waals surface area contributed by atoms with Gasteiger partial charge in [0.1, 0.15) is 0 Å². The fourth-order valence-electron chi connectivity index (χ4n) is 2.00. The van der Waals surface area contributed by atoms with E-state index in [-0.39, 0.29) is 5.78 Å². The lowest BCUT2D eigenvalue weighted by molar-refractivity contribution is 0.103. The first-order valence-electron chi connectivity index (χ1n) is 6.63. The molecule has 0 saturated heterocycles. The molecule has 0 saturated carbocycles. The molecule has 0 aliphatic carbocycles. The van der Waals surface area contributed by atoms with Crippen molar-refractivity contribution in [3.8, 4) is 0 Å². The molecule has 0 spiro atoms. The van der Waals surface area contributed by atoms with Crippen molar-refractivity contribution in [1.82, 2.24) is 0 Å². The van der Waals surface area contributed by atoms with E-state index in [1.54, 1.807) is 0 Å². The number of ketones is 1. The van der Waals surface area contributed by atoms with Gasteiger partial charge in [0.2, 0.25) is 0 Å². The van der Waals surface area contributed by atoms with Crippen LogP contribution in [0.1, 0.15) is 34.0 Å². The maximum atomic E-state index is 12.4. The summed E-state index contributed by atoms with van der Waals surface area (Å²) in [7, 11) is 0. The maximum absolute atomic E-state index is 12.4. The molecule has 1 heteroatoms. The van der Waals surface area contributed by atoms with E-state index < -0.39 is 0 Å². The highest BCUT2D eigenvalue weighted by atomic mass is 16.1. The van der Waals surface area contributed by atoms with Gasteiger partial charge in [0.05, 0.1) is 0 Å². The van der Waals surface area contributed by atoms with Gasteiger partial charge < -0.3 is 0 Å².